The number of allylic oxidation sites excluding steroid dienone is 4. The third-order valence-electron chi connectivity index (χ3n) is 2.73. The Labute approximate surface area is 126 Å². The van der Waals surface area contributed by atoms with Crippen molar-refractivity contribution in [2.24, 2.45) is 0 Å². The predicted octanol–water partition coefficient (Wildman–Crippen LogP) is 3.62. The molecular weight excluding hydrogens is 340 g/mol. The monoisotopic (exact) mass is 352 g/mol. The highest BCUT2D eigenvalue weighted by Gasteiger charge is 2.20. The zero-order chi connectivity index (χ0) is 14.8. The highest BCUT2D eigenvalue weighted by molar-refractivity contribution is 9.10. The fourth-order valence-electron chi connectivity index (χ4n) is 1.81. The molecule has 0 saturated carbocycles. The van der Waals surface area contributed by atoms with Gasteiger partial charge in [-0.2, -0.15) is 0 Å². The first-order valence-corrected chi connectivity index (χ1v) is 8.08. The maximum atomic E-state index is 12.7. The molecule has 0 fully saturated rings. The van der Waals surface area contributed by atoms with Crippen LogP contribution in [-0.4, -0.2) is 17.4 Å². The summed E-state index contributed by atoms with van der Waals surface area (Å²) in [7, 11) is -3.66. The summed E-state index contributed by atoms with van der Waals surface area (Å²) in [6.45, 7) is 5.22. The summed E-state index contributed by atoms with van der Waals surface area (Å²) < 4.78 is 27.2. The van der Waals surface area contributed by atoms with Crippen LogP contribution in [0.25, 0.3) is 11.0 Å². The second-order valence-electron chi connectivity index (χ2n) is 3.93. The van der Waals surface area contributed by atoms with E-state index >= 15 is 0 Å². The first kappa shape index (κ1) is 14.7. The van der Waals surface area contributed by atoms with Gasteiger partial charge in [0.25, 0.3) is 10.0 Å². The van der Waals surface area contributed by atoms with Crippen LogP contribution in [0.15, 0.2) is 64.8 Å². The highest BCUT2D eigenvalue weighted by Crippen LogP contribution is 2.26. The molecular formula is C14H13BrN2O2S. The normalized spacial score (nSPS) is 13.2. The average molecular weight is 353 g/mol. The van der Waals surface area contributed by atoms with Crippen LogP contribution in [0.3, 0.4) is 0 Å². The van der Waals surface area contributed by atoms with Gasteiger partial charge in [0.2, 0.25) is 0 Å². The molecule has 0 saturated heterocycles. The van der Waals surface area contributed by atoms with E-state index in [1.807, 2.05) is 0 Å². The van der Waals surface area contributed by atoms with Crippen molar-refractivity contribution in [3.8, 4) is 0 Å². The third kappa shape index (κ3) is 2.48. The van der Waals surface area contributed by atoms with Gasteiger partial charge in [-0.05, 0) is 41.1 Å². The van der Waals surface area contributed by atoms with Crippen molar-refractivity contribution in [3.63, 3.8) is 0 Å². The molecule has 104 valence electrons. The van der Waals surface area contributed by atoms with E-state index in [9.17, 15) is 8.42 Å². The first-order valence-electron chi connectivity index (χ1n) is 5.85. The molecule has 6 heteroatoms. The number of nitrogens with zero attached hydrogens (tertiary/aromatic N) is 2. The Balaban J connectivity index is 2.69. The number of fused-ring (bicyclic) bond motifs is 1. The Morgan fingerprint density at radius 1 is 1.45 bits per heavy atom. The number of rotatable bonds is 4. The van der Waals surface area contributed by atoms with Crippen LogP contribution < -0.4 is 0 Å². The summed E-state index contributed by atoms with van der Waals surface area (Å²) in [6.07, 6.45) is 9.31. The van der Waals surface area contributed by atoms with E-state index in [1.165, 1.54) is 22.3 Å². The Hall–Kier alpha value is -1.66. The van der Waals surface area contributed by atoms with Crippen LogP contribution in [0.5, 0.6) is 0 Å². The molecule has 0 aromatic carbocycles. The lowest BCUT2D eigenvalue weighted by molar-refractivity contribution is 0.596. The van der Waals surface area contributed by atoms with Gasteiger partial charge in [-0.15, -0.1) is 0 Å². The van der Waals surface area contributed by atoms with Crippen molar-refractivity contribution >= 4 is 37.0 Å². The largest absolute Gasteiger partial charge is 0.267 e. The van der Waals surface area contributed by atoms with Gasteiger partial charge in [0.05, 0.1) is 15.9 Å². The van der Waals surface area contributed by atoms with Crippen LogP contribution in [0.1, 0.15) is 6.92 Å². The number of hydrogen-bond acceptors (Lipinski definition) is 3. The van der Waals surface area contributed by atoms with Crippen molar-refractivity contribution in [3.05, 3.63) is 64.8 Å². The zero-order valence-electron chi connectivity index (χ0n) is 10.8. The second-order valence-corrected chi connectivity index (χ2v) is 6.60. The lowest BCUT2D eigenvalue weighted by Gasteiger charge is -2.08. The van der Waals surface area contributed by atoms with Crippen LogP contribution in [-0.2, 0) is 10.0 Å². The van der Waals surface area contributed by atoms with Crippen LogP contribution >= 0.6 is 15.9 Å². The van der Waals surface area contributed by atoms with Gasteiger partial charge in [0.15, 0.2) is 0 Å². The van der Waals surface area contributed by atoms with Crippen molar-refractivity contribution in [1.29, 1.82) is 0 Å². The van der Waals surface area contributed by atoms with E-state index in [2.05, 4.69) is 27.5 Å². The summed E-state index contributed by atoms with van der Waals surface area (Å²) in [4.78, 5) is 4.35. The topological polar surface area (TPSA) is 52.0 Å². The molecule has 0 bridgehead atoms. The molecule has 2 aromatic rings. The number of hydrogen-bond donors (Lipinski definition) is 0. The molecule has 0 spiro atoms. The molecule has 0 unspecified atom stereocenters. The van der Waals surface area contributed by atoms with Crippen LogP contribution in [0.2, 0.25) is 0 Å². The SMILES string of the molecule is C=C/C=C\C(=C/C)S(=O)(=O)n1ccc2nccc(Br)c21. The minimum atomic E-state index is -3.66. The van der Waals surface area contributed by atoms with E-state index in [0.717, 1.165) is 0 Å². The molecule has 0 atom stereocenters. The Bertz CT molecular complexity index is 817. The van der Waals surface area contributed by atoms with E-state index in [4.69, 9.17) is 0 Å². The Morgan fingerprint density at radius 2 is 2.20 bits per heavy atom. The van der Waals surface area contributed by atoms with Gasteiger partial charge in [0, 0.05) is 16.9 Å². The third-order valence-corrected chi connectivity index (χ3v) is 5.16. The molecule has 0 aliphatic heterocycles. The molecule has 0 aliphatic rings. The first-order chi connectivity index (χ1) is 9.52. The fourth-order valence-corrected chi connectivity index (χ4v) is 3.86. The minimum absolute atomic E-state index is 0.200. The maximum Gasteiger partial charge on any atom is 0.267 e. The number of halogens is 1. The van der Waals surface area contributed by atoms with Gasteiger partial charge >= 0.3 is 0 Å². The Morgan fingerprint density at radius 3 is 2.85 bits per heavy atom. The van der Waals surface area contributed by atoms with Crippen molar-refractivity contribution in [2.45, 2.75) is 6.92 Å². The van der Waals surface area contributed by atoms with Gasteiger partial charge in [0.1, 0.15) is 0 Å². The molecule has 2 aromatic heterocycles. The van der Waals surface area contributed by atoms with E-state index in [0.29, 0.717) is 15.5 Å². The summed E-state index contributed by atoms with van der Waals surface area (Å²) in [5.41, 5.74) is 1.14. The Kier molecular flexibility index (Phi) is 4.25. The lowest BCUT2D eigenvalue weighted by Crippen LogP contribution is -2.13. The van der Waals surface area contributed by atoms with Gasteiger partial charge in [-0.25, -0.2) is 12.4 Å². The standard InChI is InChI=1S/C14H13BrN2O2S/c1-3-5-6-11(4-2)20(18,19)17-10-8-13-14(17)12(15)7-9-16-13/h3-10H,1H2,2H3/b6-5-,11-4+. The average Bonchev–Trinajstić information content (AvgIpc) is 2.85. The van der Waals surface area contributed by atoms with Gasteiger partial charge in [-0.3, -0.25) is 4.98 Å². The summed E-state index contributed by atoms with van der Waals surface area (Å²) in [5.74, 6) is 0. The number of pyridine rings is 1. The molecule has 2 heterocycles. The molecule has 20 heavy (non-hydrogen) atoms. The second kappa shape index (κ2) is 5.76. The zero-order valence-corrected chi connectivity index (χ0v) is 13.2. The molecule has 0 aliphatic carbocycles. The van der Waals surface area contributed by atoms with Crippen LogP contribution in [0.4, 0.5) is 0 Å². The number of aromatic nitrogens is 2. The molecule has 0 amide bonds. The van der Waals surface area contributed by atoms with Crippen molar-refractivity contribution < 1.29 is 8.42 Å². The van der Waals surface area contributed by atoms with E-state index in [1.54, 1.807) is 37.4 Å². The van der Waals surface area contributed by atoms with Crippen molar-refractivity contribution in [2.75, 3.05) is 0 Å². The smallest absolute Gasteiger partial charge is 0.255 e. The minimum Gasteiger partial charge on any atom is -0.255 e. The van der Waals surface area contributed by atoms with Crippen LogP contribution in [0, 0.1) is 0 Å². The van der Waals surface area contributed by atoms with Gasteiger partial charge in [-0.1, -0.05) is 24.8 Å². The molecule has 0 radical (unpaired) electrons. The highest BCUT2D eigenvalue weighted by atomic mass is 79.9. The fraction of sp³-hybridized carbons (Fsp3) is 0.0714. The van der Waals surface area contributed by atoms with Gasteiger partial charge < -0.3 is 0 Å². The van der Waals surface area contributed by atoms with E-state index < -0.39 is 10.0 Å². The molecule has 0 N–H and O–H groups in total. The van der Waals surface area contributed by atoms with Crippen molar-refractivity contribution in [1.82, 2.24) is 8.96 Å². The molecule has 4 nitrogen and oxygen atoms in total. The lowest BCUT2D eigenvalue weighted by atomic mass is 10.4. The summed E-state index contributed by atoms with van der Waals surface area (Å²) in [5, 5.41) is 0. The predicted molar refractivity (Wildman–Crippen MR) is 84.8 cm³/mol. The summed E-state index contributed by atoms with van der Waals surface area (Å²) in [6, 6.07) is 3.38. The summed E-state index contributed by atoms with van der Waals surface area (Å²) >= 11 is 3.36. The quantitative estimate of drug-likeness (QED) is 0.789. The maximum absolute atomic E-state index is 12.7. The van der Waals surface area contributed by atoms with E-state index in [-0.39, 0.29) is 4.91 Å². The molecule has 2 rings (SSSR count).